The summed E-state index contributed by atoms with van der Waals surface area (Å²) in [7, 11) is 0. The number of carbonyl (C=O) groups is 2. The van der Waals surface area contributed by atoms with Crippen LogP contribution in [-0.2, 0) is 9.59 Å². The molecule has 8 heteroatoms. The van der Waals surface area contributed by atoms with Gasteiger partial charge in [0.1, 0.15) is 0 Å². The van der Waals surface area contributed by atoms with Gasteiger partial charge in [-0.25, -0.2) is 0 Å². The first kappa shape index (κ1) is 17.7. The Balaban J connectivity index is 0.00000176. The van der Waals surface area contributed by atoms with Crippen molar-refractivity contribution in [1.29, 1.82) is 0 Å². The number of amides is 1. The van der Waals surface area contributed by atoms with Gasteiger partial charge in [0.15, 0.2) is 0 Å². The SMILES string of the molecule is CC1(C)S[C@@H]2[C@@H](C(O)c3cccnc3)C(=O)N2[C@H]1C(=O)[O-].[Na+]. The number of pyridine rings is 1. The minimum absolute atomic E-state index is 0. The summed E-state index contributed by atoms with van der Waals surface area (Å²) in [5, 5.41) is 21.4. The van der Waals surface area contributed by atoms with Gasteiger partial charge >= 0.3 is 29.6 Å². The van der Waals surface area contributed by atoms with E-state index in [0.29, 0.717) is 5.56 Å². The van der Waals surface area contributed by atoms with E-state index in [1.54, 1.807) is 32.2 Å². The molecule has 22 heavy (non-hydrogen) atoms. The minimum Gasteiger partial charge on any atom is -0.548 e. The molecule has 2 aliphatic rings. The molecule has 1 aromatic heterocycles. The van der Waals surface area contributed by atoms with Crippen LogP contribution >= 0.6 is 11.8 Å². The third kappa shape index (κ3) is 2.59. The van der Waals surface area contributed by atoms with Gasteiger partial charge in [0, 0.05) is 17.1 Å². The molecule has 112 valence electrons. The van der Waals surface area contributed by atoms with E-state index in [9.17, 15) is 19.8 Å². The van der Waals surface area contributed by atoms with Crippen molar-refractivity contribution < 1.29 is 49.4 Å². The van der Waals surface area contributed by atoms with E-state index in [1.165, 1.54) is 22.9 Å². The normalized spacial score (nSPS) is 30.0. The van der Waals surface area contributed by atoms with Crippen LogP contribution < -0.4 is 34.7 Å². The summed E-state index contributed by atoms with van der Waals surface area (Å²) < 4.78 is -0.636. The molecule has 0 spiro atoms. The van der Waals surface area contributed by atoms with Crippen LogP contribution in [0.25, 0.3) is 0 Å². The zero-order valence-electron chi connectivity index (χ0n) is 12.6. The summed E-state index contributed by atoms with van der Waals surface area (Å²) in [6.07, 6.45) is 2.13. The number of thioether (sulfide) groups is 1. The number of carboxylic acids is 1. The minimum atomic E-state index is -1.25. The van der Waals surface area contributed by atoms with E-state index in [2.05, 4.69) is 4.98 Å². The van der Waals surface area contributed by atoms with E-state index < -0.39 is 28.8 Å². The van der Waals surface area contributed by atoms with Crippen molar-refractivity contribution in [1.82, 2.24) is 9.88 Å². The van der Waals surface area contributed by atoms with Gasteiger partial charge in [0.25, 0.3) is 0 Å². The standard InChI is InChI=1S/C14H16N2O4S.Na/c1-14(2)10(13(19)20)16-11(18)8(12(16)21-14)9(17)7-4-3-5-15-6-7;/h3-6,8-10,12,17H,1-2H3,(H,19,20);/q;+1/p-1/t8-,9?,10-,12+;/m0./s1. The second-order valence-corrected chi connectivity index (χ2v) is 7.61. The van der Waals surface area contributed by atoms with Crippen molar-refractivity contribution >= 4 is 23.6 Å². The van der Waals surface area contributed by atoms with E-state index >= 15 is 0 Å². The van der Waals surface area contributed by atoms with Crippen LogP contribution in [0, 0.1) is 5.92 Å². The Labute approximate surface area is 154 Å². The van der Waals surface area contributed by atoms with Gasteiger partial charge in [0.05, 0.1) is 29.4 Å². The van der Waals surface area contributed by atoms with Crippen LogP contribution in [0.1, 0.15) is 25.5 Å². The molecular formula is C14H15N2NaO4S. The Morgan fingerprint density at radius 3 is 2.77 bits per heavy atom. The molecule has 1 aromatic rings. The number of hydrogen-bond donors (Lipinski definition) is 1. The van der Waals surface area contributed by atoms with Crippen molar-refractivity contribution in [2.45, 2.75) is 36.1 Å². The molecule has 0 radical (unpaired) electrons. The summed E-state index contributed by atoms with van der Waals surface area (Å²) in [6, 6.07) is 2.43. The first-order chi connectivity index (χ1) is 9.84. The summed E-state index contributed by atoms with van der Waals surface area (Å²) in [5.41, 5.74) is 0.561. The Kier molecular flexibility index (Phi) is 4.94. The van der Waals surface area contributed by atoms with E-state index in [1.807, 2.05) is 0 Å². The molecule has 1 N–H and O–H groups in total. The predicted molar refractivity (Wildman–Crippen MR) is 73.8 cm³/mol. The maximum atomic E-state index is 12.3. The molecule has 4 atom stereocenters. The zero-order valence-corrected chi connectivity index (χ0v) is 15.4. The summed E-state index contributed by atoms with van der Waals surface area (Å²) in [6.45, 7) is 3.55. The molecule has 0 saturated carbocycles. The van der Waals surface area contributed by atoms with Crippen LogP contribution in [0.3, 0.4) is 0 Å². The number of aliphatic hydroxyl groups excluding tert-OH is 1. The molecule has 2 saturated heterocycles. The van der Waals surface area contributed by atoms with Crippen molar-refractivity contribution in [2.75, 3.05) is 0 Å². The smallest absolute Gasteiger partial charge is 0.548 e. The van der Waals surface area contributed by atoms with Gasteiger partial charge < -0.3 is 19.9 Å². The van der Waals surface area contributed by atoms with E-state index in [0.717, 1.165) is 0 Å². The third-order valence-corrected chi connectivity index (χ3v) is 5.66. The number of aliphatic hydroxyl groups is 1. The summed E-state index contributed by atoms with van der Waals surface area (Å²) in [4.78, 5) is 28.9. The molecule has 0 aromatic carbocycles. The number of aromatic nitrogens is 1. The van der Waals surface area contributed by atoms with Gasteiger partial charge in [-0.05, 0) is 25.5 Å². The zero-order chi connectivity index (χ0) is 15.4. The maximum Gasteiger partial charge on any atom is 1.00 e. The molecule has 2 aliphatic heterocycles. The molecule has 0 bridgehead atoms. The average molecular weight is 330 g/mol. The van der Waals surface area contributed by atoms with E-state index in [4.69, 9.17) is 0 Å². The average Bonchev–Trinajstić information content (AvgIpc) is 2.68. The first-order valence-corrected chi connectivity index (χ1v) is 7.51. The second kappa shape index (κ2) is 6.13. The molecular weight excluding hydrogens is 315 g/mol. The fourth-order valence-electron chi connectivity index (χ4n) is 3.07. The maximum absolute atomic E-state index is 12.3. The molecule has 1 unspecified atom stereocenters. The number of carbonyl (C=O) groups excluding carboxylic acids is 2. The van der Waals surface area contributed by atoms with Crippen LogP contribution in [-0.4, -0.2) is 43.0 Å². The fourth-order valence-corrected chi connectivity index (χ4v) is 4.78. The summed E-state index contributed by atoms with van der Waals surface area (Å²) in [5.74, 6) is -2.23. The number of rotatable bonds is 3. The number of aliphatic carboxylic acids is 1. The first-order valence-electron chi connectivity index (χ1n) is 6.63. The van der Waals surface area contributed by atoms with Crippen LogP contribution in [0.5, 0.6) is 0 Å². The molecule has 6 nitrogen and oxygen atoms in total. The number of β-lactam (4-membered cyclic amide) rings is 1. The van der Waals surface area contributed by atoms with Crippen molar-refractivity contribution in [2.24, 2.45) is 5.92 Å². The quantitative estimate of drug-likeness (QED) is 0.458. The predicted octanol–water partition coefficient (Wildman–Crippen LogP) is -3.45. The third-order valence-electron chi connectivity index (χ3n) is 4.07. The van der Waals surface area contributed by atoms with Crippen LogP contribution in [0.15, 0.2) is 24.5 Å². The van der Waals surface area contributed by atoms with Gasteiger partial charge in [-0.1, -0.05) is 6.07 Å². The molecule has 2 fully saturated rings. The van der Waals surface area contributed by atoms with Crippen molar-refractivity contribution in [3.63, 3.8) is 0 Å². The summed E-state index contributed by atoms with van der Waals surface area (Å²) >= 11 is 1.39. The van der Waals surface area contributed by atoms with Gasteiger partial charge in [-0.2, -0.15) is 0 Å². The molecule has 1 amide bonds. The number of fused-ring (bicyclic) bond motifs is 1. The van der Waals surface area contributed by atoms with E-state index in [-0.39, 0.29) is 40.8 Å². The Hall–Kier alpha value is -0.600. The number of carboxylic acid groups (broad SMARTS) is 1. The van der Waals surface area contributed by atoms with Crippen molar-refractivity contribution in [3.05, 3.63) is 30.1 Å². The Bertz CT molecular complexity index is 598. The van der Waals surface area contributed by atoms with Crippen LogP contribution in [0.2, 0.25) is 0 Å². The Morgan fingerprint density at radius 2 is 2.23 bits per heavy atom. The number of nitrogens with zero attached hydrogens (tertiary/aromatic N) is 2. The van der Waals surface area contributed by atoms with Gasteiger partial charge in [0.2, 0.25) is 5.91 Å². The number of hydrogen-bond acceptors (Lipinski definition) is 6. The fraction of sp³-hybridized carbons (Fsp3) is 0.500. The second-order valence-electron chi connectivity index (χ2n) is 5.84. The molecule has 3 rings (SSSR count). The Morgan fingerprint density at radius 1 is 1.55 bits per heavy atom. The largest absolute Gasteiger partial charge is 1.00 e. The monoisotopic (exact) mass is 330 g/mol. The molecule has 0 aliphatic carbocycles. The van der Waals surface area contributed by atoms with Gasteiger partial charge in [-0.3, -0.25) is 9.78 Å². The van der Waals surface area contributed by atoms with Crippen molar-refractivity contribution in [3.8, 4) is 0 Å². The topological polar surface area (TPSA) is 93.6 Å². The van der Waals surface area contributed by atoms with Crippen LogP contribution in [0.4, 0.5) is 0 Å². The van der Waals surface area contributed by atoms with Gasteiger partial charge in [-0.15, -0.1) is 11.8 Å². The molecule has 3 heterocycles.